The molecule has 0 saturated carbocycles. The fraction of sp³-hybridized carbons (Fsp3) is 0.538. The van der Waals surface area contributed by atoms with Crippen LogP contribution in [0.25, 0.3) is 0 Å². The van der Waals surface area contributed by atoms with Gasteiger partial charge >= 0.3 is 0 Å². The van der Waals surface area contributed by atoms with Crippen molar-refractivity contribution in [1.82, 2.24) is 14.8 Å². The van der Waals surface area contributed by atoms with E-state index in [1.807, 2.05) is 17.2 Å². The first-order chi connectivity index (χ1) is 15.5. The van der Waals surface area contributed by atoms with Crippen molar-refractivity contribution in [3.8, 4) is 0 Å². The lowest BCUT2D eigenvalue weighted by molar-refractivity contribution is -0.130. The second-order valence-electron chi connectivity index (χ2n) is 9.66. The summed E-state index contributed by atoms with van der Waals surface area (Å²) in [5, 5.41) is 0.818. The maximum atomic E-state index is 11.7. The fourth-order valence-electron chi connectivity index (χ4n) is 6.12. The molecule has 1 aromatic heterocycles. The molecule has 3 aliphatic rings. The maximum Gasteiger partial charge on any atom is 0.219 e. The van der Waals surface area contributed by atoms with Crippen LogP contribution in [0.4, 0.5) is 0 Å². The molecule has 1 aromatic carbocycles. The Bertz CT molecular complexity index is 943. The highest BCUT2D eigenvalue weighted by molar-refractivity contribution is 9.10. The van der Waals surface area contributed by atoms with E-state index in [1.54, 1.807) is 6.92 Å². The van der Waals surface area contributed by atoms with Crippen LogP contribution in [-0.4, -0.2) is 46.9 Å². The van der Waals surface area contributed by atoms with Crippen molar-refractivity contribution in [3.05, 3.63) is 62.3 Å². The predicted molar refractivity (Wildman–Crippen MR) is 132 cm³/mol. The molecule has 5 rings (SSSR count). The van der Waals surface area contributed by atoms with Gasteiger partial charge in [-0.3, -0.25) is 14.7 Å². The van der Waals surface area contributed by atoms with Gasteiger partial charge in [-0.1, -0.05) is 17.7 Å². The molecule has 2 saturated heterocycles. The number of hydrogen-bond donors (Lipinski definition) is 0. The van der Waals surface area contributed by atoms with Gasteiger partial charge in [0.15, 0.2) is 0 Å². The van der Waals surface area contributed by atoms with Gasteiger partial charge in [0, 0.05) is 35.7 Å². The molecule has 6 heteroatoms. The molecule has 3 heterocycles. The van der Waals surface area contributed by atoms with Crippen LogP contribution in [0.15, 0.2) is 34.9 Å². The Morgan fingerprint density at radius 1 is 1.00 bits per heavy atom. The number of halogens is 2. The summed E-state index contributed by atoms with van der Waals surface area (Å²) in [6, 6.07) is 8.87. The molecule has 2 fully saturated rings. The molecule has 170 valence electrons. The third kappa shape index (κ3) is 4.49. The number of carbonyl (C=O) groups is 1. The SMILES string of the molecule is CC(=O)N1CCC(C2CCN(C3c4ccc(Cl)cc4CCc4cc(Br)cnc43)CC2)CC1. The van der Waals surface area contributed by atoms with Gasteiger partial charge in [-0.15, -0.1) is 0 Å². The van der Waals surface area contributed by atoms with Gasteiger partial charge in [0.05, 0.1) is 11.7 Å². The number of pyridine rings is 1. The van der Waals surface area contributed by atoms with Crippen LogP contribution in [0.5, 0.6) is 0 Å². The highest BCUT2D eigenvalue weighted by Crippen LogP contribution is 2.41. The van der Waals surface area contributed by atoms with Gasteiger partial charge in [-0.25, -0.2) is 0 Å². The third-order valence-electron chi connectivity index (χ3n) is 7.88. The topological polar surface area (TPSA) is 36.4 Å². The molecular formula is C26H31BrClN3O. The number of nitrogens with zero attached hydrogens (tertiary/aromatic N) is 3. The predicted octanol–water partition coefficient (Wildman–Crippen LogP) is 5.66. The van der Waals surface area contributed by atoms with Crippen LogP contribution >= 0.6 is 27.5 Å². The van der Waals surface area contributed by atoms with Crippen molar-refractivity contribution in [2.75, 3.05) is 26.2 Å². The van der Waals surface area contributed by atoms with Crippen molar-refractivity contribution in [1.29, 1.82) is 0 Å². The molecule has 2 aliphatic heterocycles. The standard InChI is InChI=1S/C26H31BrClN3O/c1-17(32)30-10-6-18(7-11-30)19-8-12-31(13-9-19)26-24-5-4-23(28)15-20(24)2-3-21-14-22(27)16-29-25(21)26/h4-5,14-16,18-19,26H,2-3,6-13H2,1H3. The summed E-state index contributed by atoms with van der Waals surface area (Å²) in [6.45, 7) is 5.76. The van der Waals surface area contributed by atoms with Crippen molar-refractivity contribution >= 4 is 33.4 Å². The average molecular weight is 517 g/mol. The van der Waals surface area contributed by atoms with Gasteiger partial charge in [0.1, 0.15) is 0 Å². The molecule has 0 spiro atoms. The first-order valence-electron chi connectivity index (χ1n) is 11.9. The second kappa shape index (κ2) is 9.44. The summed E-state index contributed by atoms with van der Waals surface area (Å²) >= 11 is 10.00. The summed E-state index contributed by atoms with van der Waals surface area (Å²) in [6.07, 6.45) is 8.73. The Hall–Kier alpha value is -1.43. The van der Waals surface area contributed by atoms with Crippen LogP contribution in [0.1, 0.15) is 61.0 Å². The van der Waals surface area contributed by atoms with Gasteiger partial charge in [0.25, 0.3) is 0 Å². The number of likely N-dealkylation sites (tertiary alicyclic amines) is 2. The number of fused-ring (bicyclic) bond motifs is 2. The van der Waals surface area contributed by atoms with Crippen LogP contribution in [0.2, 0.25) is 5.02 Å². The number of piperidine rings is 2. The fourth-order valence-corrected chi connectivity index (χ4v) is 6.69. The minimum Gasteiger partial charge on any atom is -0.343 e. The summed E-state index contributed by atoms with van der Waals surface area (Å²) in [5.41, 5.74) is 5.28. The van der Waals surface area contributed by atoms with Crippen molar-refractivity contribution in [3.63, 3.8) is 0 Å². The first kappa shape index (κ1) is 22.4. The number of hydrogen-bond acceptors (Lipinski definition) is 3. The Morgan fingerprint density at radius 3 is 2.34 bits per heavy atom. The lowest BCUT2D eigenvalue weighted by atomic mass is 9.78. The zero-order valence-corrected chi connectivity index (χ0v) is 21.0. The van der Waals surface area contributed by atoms with E-state index in [1.165, 1.54) is 35.2 Å². The number of aromatic nitrogens is 1. The average Bonchev–Trinajstić information content (AvgIpc) is 2.95. The van der Waals surface area contributed by atoms with Crippen molar-refractivity contribution in [2.24, 2.45) is 11.8 Å². The zero-order chi connectivity index (χ0) is 22.2. The van der Waals surface area contributed by atoms with Crippen LogP contribution < -0.4 is 0 Å². The Balaban J connectivity index is 1.36. The summed E-state index contributed by atoms with van der Waals surface area (Å²) in [5.74, 6) is 1.76. The smallest absolute Gasteiger partial charge is 0.219 e. The number of amides is 1. The molecule has 1 amide bonds. The molecular weight excluding hydrogens is 486 g/mol. The number of carbonyl (C=O) groups excluding carboxylic acids is 1. The van der Waals surface area contributed by atoms with E-state index >= 15 is 0 Å². The van der Waals surface area contributed by atoms with Crippen LogP contribution in [0, 0.1) is 11.8 Å². The molecule has 1 unspecified atom stereocenters. The molecule has 1 aliphatic carbocycles. The Labute approximate surface area is 204 Å². The number of benzene rings is 1. The Kier molecular flexibility index (Phi) is 6.60. The zero-order valence-electron chi connectivity index (χ0n) is 18.7. The highest BCUT2D eigenvalue weighted by atomic mass is 79.9. The Morgan fingerprint density at radius 2 is 1.66 bits per heavy atom. The van der Waals surface area contributed by atoms with E-state index in [2.05, 4.69) is 39.0 Å². The lowest BCUT2D eigenvalue weighted by Gasteiger charge is -2.42. The van der Waals surface area contributed by atoms with Gasteiger partial charge < -0.3 is 4.90 Å². The molecule has 32 heavy (non-hydrogen) atoms. The summed E-state index contributed by atoms with van der Waals surface area (Å²) in [4.78, 5) is 21.3. The van der Waals surface area contributed by atoms with E-state index in [4.69, 9.17) is 16.6 Å². The monoisotopic (exact) mass is 515 g/mol. The largest absolute Gasteiger partial charge is 0.343 e. The van der Waals surface area contributed by atoms with Crippen molar-refractivity contribution in [2.45, 2.75) is 51.5 Å². The second-order valence-corrected chi connectivity index (χ2v) is 11.0. The molecule has 0 N–H and O–H groups in total. The minimum atomic E-state index is 0.202. The van der Waals surface area contributed by atoms with E-state index in [0.29, 0.717) is 0 Å². The van der Waals surface area contributed by atoms with E-state index < -0.39 is 0 Å². The van der Waals surface area contributed by atoms with Gasteiger partial charge in [0.2, 0.25) is 5.91 Å². The number of rotatable bonds is 2. The third-order valence-corrected chi connectivity index (χ3v) is 8.55. The number of aryl methyl sites for hydroxylation is 2. The maximum absolute atomic E-state index is 11.7. The summed E-state index contributed by atoms with van der Waals surface area (Å²) < 4.78 is 1.05. The summed E-state index contributed by atoms with van der Waals surface area (Å²) in [7, 11) is 0. The van der Waals surface area contributed by atoms with E-state index in [0.717, 1.165) is 73.2 Å². The van der Waals surface area contributed by atoms with E-state index in [9.17, 15) is 4.79 Å². The highest BCUT2D eigenvalue weighted by Gasteiger charge is 2.35. The normalized spacial score (nSPS) is 22.8. The van der Waals surface area contributed by atoms with Crippen molar-refractivity contribution < 1.29 is 4.79 Å². The molecule has 2 aromatic rings. The van der Waals surface area contributed by atoms with Crippen LogP contribution in [0.3, 0.4) is 0 Å². The molecule has 0 bridgehead atoms. The van der Waals surface area contributed by atoms with Crippen LogP contribution in [-0.2, 0) is 17.6 Å². The molecule has 4 nitrogen and oxygen atoms in total. The van der Waals surface area contributed by atoms with Gasteiger partial charge in [-0.2, -0.15) is 0 Å². The van der Waals surface area contributed by atoms with E-state index in [-0.39, 0.29) is 11.9 Å². The lowest BCUT2D eigenvalue weighted by Crippen LogP contribution is -2.43. The molecule has 0 radical (unpaired) electrons. The first-order valence-corrected chi connectivity index (χ1v) is 13.1. The van der Waals surface area contributed by atoms with Gasteiger partial charge in [-0.05, 0) is 114 Å². The molecule has 1 atom stereocenters. The minimum absolute atomic E-state index is 0.202. The quantitative estimate of drug-likeness (QED) is 0.517.